The summed E-state index contributed by atoms with van der Waals surface area (Å²) in [5, 5.41) is 22.0. The van der Waals surface area contributed by atoms with Crippen LogP contribution in [-0.2, 0) is 5.75 Å². The molecule has 22 heavy (non-hydrogen) atoms. The zero-order chi connectivity index (χ0) is 16.3. The lowest BCUT2D eigenvalue weighted by molar-refractivity contribution is -0.387. The van der Waals surface area contributed by atoms with Gasteiger partial charge in [-0.15, -0.1) is 11.8 Å². The van der Waals surface area contributed by atoms with Gasteiger partial charge < -0.3 is 9.90 Å². The molecule has 0 bridgehead atoms. The minimum atomic E-state index is -1.50. The molecule has 8 heteroatoms. The van der Waals surface area contributed by atoms with Crippen molar-refractivity contribution in [2.75, 3.05) is 0 Å². The maximum atomic E-state index is 13.7. The van der Waals surface area contributed by atoms with Crippen molar-refractivity contribution in [2.45, 2.75) is 10.6 Å². The highest BCUT2D eigenvalue weighted by atomic mass is 35.5. The second kappa shape index (κ2) is 6.76. The largest absolute Gasteiger partial charge is 0.545 e. The summed E-state index contributed by atoms with van der Waals surface area (Å²) < 4.78 is 13.7. The molecule has 0 aliphatic heterocycles. The van der Waals surface area contributed by atoms with Gasteiger partial charge in [0.05, 0.1) is 15.8 Å². The monoisotopic (exact) mass is 340 g/mol. The Morgan fingerprint density at radius 2 is 2.05 bits per heavy atom. The van der Waals surface area contributed by atoms with E-state index in [1.165, 1.54) is 30.3 Å². The molecule has 0 atom stereocenters. The Bertz CT molecular complexity index is 733. The van der Waals surface area contributed by atoms with Gasteiger partial charge >= 0.3 is 0 Å². The topological polar surface area (TPSA) is 83.3 Å². The van der Waals surface area contributed by atoms with Gasteiger partial charge in [0.1, 0.15) is 5.82 Å². The van der Waals surface area contributed by atoms with Crippen LogP contribution in [0.2, 0.25) is 5.02 Å². The molecular weight excluding hydrogens is 333 g/mol. The highest BCUT2D eigenvalue weighted by Gasteiger charge is 2.17. The zero-order valence-electron chi connectivity index (χ0n) is 10.9. The Hall–Kier alpha value is -2.12. The number of hydrogen-bond acceptors (Lipinski definition) is 5. The molecule has 0 fully saturated rings. The Balaban J connectivity index is 2.30. The van der Waals surface area contributed by atoms with E-state index in [1.54, 1.807) is 0 Å². The molecule has 2 rings (SSSR count). The van der Waals surface area contributed by atoms with E-state index in [0.29, 0.717) is 0 Å². The van der Waals surface area contributed by atoms with E-state index in [2.05, 4.69) is 0 Å². The molecule has 0 saturated carbocycles. The Kier molecular flexibility index (Phi) is 4.99. The van der Waals surface area contributed by atoms with Gasteiger partial charge in [0.15, 0.2) is 0 Å². The molecular formula is C14H8ClFNO4S-. The number of rotatable bonds is 5. The fraction of sp³-hybridized carbons (Fsp3) is 0.0714. The van der Waals surface area contributed by atoms with Crippen molar-refractivity contribution < 1.29 is 19.2 Å². The number of nitro groups is 1. The summed E-state index contributed by atoms with van der Waals surface area (Å²) in [6.07, 6.45) is 0. The lowest BCUT2D eigenvalue weighted by Gasteiger charge is -2.08. The summed E-state index contributed by atoms with van der Waals surface area (Å²) >= 11 is 6.89. The van der Waals surface area contributed by atoms with Crippen molar-refractivity contribution in [3.63, 3.8) is 0 Å². The van der Waals surface area contributed by atoms with E-state index in [4.69, 9.17) is 11.6 Å². The van der Waals surface area contributed by atoms with Gasteiger partial charge in [-0.1, -0.05) is 23.7 Å². The van der Waals surface area contributed by atoms with Crippen LogP contribution in [0.4, 0.5) is 10.1 Å². The van der Waals surface area contributed by atoms with Crippen LogP contribution >= 0.6 is 23.4 Å². The number of halogens is 2. The number of thioether (sulfide) groups is 1. The molecule has 0 radical (unpaired) electrons. The van der Waals surface area contributed by atoms with Crippen molar-refractivity contribution in [3.05, 3.63) is 68.5 Å². The Morgan fingerprint density at radius 1 is 1.32 bits per heavy atom. The number of nitro benzene ring substituents is 1. The quantitative estimate of drug-likeness (QED) is 0.474. The first-order valence-electron chi connectivity index (χ1n) is 5.95. The van der Waals surface area contributed by atoms with E-state index in [9.17, 15) is 24.4 Å². The molecule has 0 unspecified atom stereocenters. The molecule has 0 saturated heterocycles. The number of carbonyl (C=O) groups excluding carboxylic acids is 1. The highest BCUT2D eigenvalue weighted by molar-refractivity contribution is 7.98. The lowest BCUT2D eigenvalue weighted by Crippen LogP contribution is -2.22. The molecule has 0 heterocycles. The Morgan fingerprint density at radius 3 is 2.64 bits per heavy atom. The van der Waals surface area contributed by atoms with Gasteiger partial charge in [-0.2, -0.15) is 0 Å². The first kappa shape index (κ1) is 16.3. The zero-order valence-corrected chi connectivity index (χ0v) is 12.5. The molecule has 0 aromatic heterocycles. The van der Waals surface area contributed by atoms with Crippen molar-refractivity contribution in [3.8, 4) is 0 Å². The molecule has 0 aliphatic rings. The molecule has 0 amide bonds. The first-order valence-corrected chi connectivity index (χ1v) is 7.32. The van der Waals surface area contributed by atoms with Crippen LogP contribution in [0.1, 0.15) is 15.9 Å². The number of benzene rings is 2. The van der Waals surface area contributed by atoms with E-state index in [-0.39, 0.29) is 32.5 Å². The molecule has 0 N–H and O–H groups in total. The number of carboxylic acid groups (broad SMARTS) is 1. The lowest BCUT2D eigenvalue weighted by atomic mass is 10.2. The summed E-state index contributed by atoms with van der Waals surface area (Å²) in [5.41, 5.74) is -0.438. The van der Waals surface area contributed by atoms with Crippen molar-refractivity contribution in [2.24, 2.45) is 0 Å². The van der Waals surface area contributed by atoms with Crippen LogP contribution in [0.25, 0.3) is 0 Å². The minimum absolute atomic E-state index is 0.0804. The number of carboxylic acids is 1. The van der Waals surface area contributed by atoms with Gasteiger partial charge in [0.2, 0.25) is 0 Å². The third-order valence-corrected chi connectivity index (χ3v) is 4.27. The fourth-order valence-corrected chi connectivity index (χ4v) is 3.08. The first-order chi connectivity index (χ1) is 10.4. The number of carbonyl (C=O) groups is 1. The maximum Gasteiger partial charge on any atom is 0.283 e. The van der Waals surface area contributed by atoms with Gasteiger partial charge in [0.25, 0.3) is 5.69 Å². The molecule has 5 nitrogen and oxygen atoms in total. The van der Waals surface area contributed by atoms with Crippen LogP contribution in [-0.4, -0.2) is 10.9 Å². The van der Waals surface area contributed by atoms with Crippen LogP contribution < -0.4 is 5.11 Å². The van der Waals surface area contributed by atoms with E-state index in [0.717, 1.165) is 17.8 Å². The van der Waals surface area contributed by atoms with E-state index in [1.807, 2.05) is 0 Å². The predicted octanol–water partition coefficient (Wildman–Crippen LogP) is 3.04. The highest BCUT2D eigenvalue weighted by Crippen LogP contribution is 2.34. The number of hydrogen-bond donors (Lipinski definition) is 0. The summed E-state index contributed by atoms with van der Waals surface area (Å²) in [5.74, 6) is -1.93. The summed E-state index contributed by atoms with van der Waals surface area (Å²) in [6, 6.07) is 7.64. The fourth-order valence-electron chi connectivity index (χ4n) is 1.73. The normalized spacial score (nSPS) is 10.5. The summed E-state index contributed by atoms with van der Waals surface area (Å²) in [7, 11) is 0. The van der Waals surface area contributed by atoms with Crippen LogP contribution in [0.5, 0.6) is 0 Å². The third kappa shape index (κ3) is 3.55. The average molecular weight is 341 g/mol. The molecule has 0 aliphatic carbocycles. The van der Waals surface area contributed by atoms with Crippen LogP contribution in [0.15, 0.2) is 41.3 Å². The maximum absolute atomic E-state index is 13.7. The van der Waals surface area contributed by atoms with Gasteiger partial charge in [0, 0.05) is 28.0 Å². The van der Waals surface area contributed by atoms with Gasteiger partial charge in [-0.05, 0) is 18.2 Å². The molecule has 114 valence electrons. The average Bonchev–Trinajstić information content (AvgIpc) is 2.46. The summed E-state index contributed by atoms with van der Waals surface area (Å²) in [4.78, 5) is 21.3. The SMILES string of the molecule is O=C([O-])c1ccc(SCc2c(F)cccc2Cl)c([N+](=O)[O-])c1. The van der Waals surface area contributed by atoms with Crippen LogP contribution in [0, 0.1) is 15.9 Å². The molecule has 2 aromatic rings. The van der Waals surface area contributed by atoms with E-state index < -0.39 is 16.7 Å². The van der Waals surface area contributed by atoms with Crippen molar-refractivity contribution in [1.82, 2.24) is 0 Å². The summed E-state index contributed by atoms with van der Waals surface area (Å²) in [6.45, 7) is 0. The molecule has 2 aromatic carbocycles. The van der Waals surface area contributed by atoms with E-state index >= 15 is 0 Å². The van der Waals surface area contributed by atoms with Crippen LogP contribution in [0.3, 0.4) is 0 Å². The number of nitrogens with zero attached hydrogens (tertiary/aromatic N) is 1. The standard InChI is InChI=1S/C14H9ClFNO4S/c15-10-2-1-3-11(16)9(10)7-22-13-5-4-8(14(18)19)6-12(13)17(20)21/h1-6H,7H2,(H,18,19)/p-1. The van der Waals surface area contributed by atoms with Crippen molar-refractivity contribution in [1.29, 1.82) is 0 Å². The third-order valence-electron chi connectivity index (χ3n) is 2.83. The molecule has 0 spiro atoms. The number of aromatic carboxylic acids is 1. The van der Waals surface area contributed by atoms with Gasteiger partial charge in [-0.25, -0.2) is 4.39 Å². The second-order valence-electron chi connectivity index (χ2n) is 4.22. The predicted molar refractivity (Wildman–Crippen MR) is 78.4 cm³/mol. The second-order valence-corrected chi connectivity index (χ2v) is 5.64. The smallest absolute Gasteiger partial charge is 0.283 e. The van der Waals surface area contributed by atoms with Gasteiger partial charge in [-0.3, -0.25) is 10.1 Å². The van der Waals surface area contributed by atoms with Crippen molar-refractivity contribution >= 4 is 35.0 Å². The Labute approximate surface area is 133 Å². The minimum Gasteiger partial charge on any atom is -0.545 e.